The molecule has 19 heavy (non-hydrogen) atoms. The summed E-state index contributed by atoms with van der Waals surface area (Å²) in [6, 6.07) is 8.50. The van der Waals surface area contributed by atoms with Gasteiger partial charge in [-0.05, 0) is 17.7 Å². The molecule has 0 bridgehead atoms. The molecule has 0 amide bonds. The summed E-state index contributed by atoms with van der Waals surface area (Å²) in [7, 11) is 0. The third-order valence-electron chi connectivity index (χ3n) is 3.37. The maximum absolute atomic E-state index is 5.86. The van der Waals surface area contributed by atoms with Crippen molar-refractivity contribution >= 4 is 27.5 Å². The van der Waals surface area contributed by atoms with Crippen molar-refractivity contribution in [3.05, 3.63) is 51.7 Å². The molecule has 1 aromatic carbocycles. The predicted molar refractivity (Wildman–Crippen MR) is 80.1 cm³/mol. The van der Waals surface area contributed by atoms with Crippen LogP contribution in [-0.4, -0.2) is 27.8 Å². The lowest BCUT2D eigenvalue weighted by atomic mass is 9.99. The minimum atomic E-state index is 0.683. The van der Waals surface area contributed by atoms with E-state index < -0.39 is 0 Å². The van der Waals surface area contributed by atoms with Crippen LogP contribution in [0.5, 0.6) is 0 Å². The quantitative estimate of drug-likeness (QED) is 0.850. The average Bonchev–Trinajstić information content (AvgIpc) is 2.72. The fourth-order valence-electron chi connectivity index (χ4n) is 2.52. The summed E-state index contributed by atoms with van der Waals surface area (Å²) in [5.41, 5.74) is 1.36. The van der Waals surface area contributed by atoms with Gasteiger partial charge in [-0.2, -0.15) is 5.10 Å². The van der Waals surface area contributed by atoms with Crippen molar-refractivity contribution in [1.82, 2.24) is 14.7 Å². The molecule has 0 spiro atoms. The lowest BCUT2D eigenvalue weighted by Crippen LogP contribution is -2.47. The fraction of sp³-hybridized carbons (Fsp3) is 0.357. The first kappa shape index (κ1) is 13.2. The smallest absolute Gasteiger partial charge is 0.0785 e. The van der Waals surface area contributed by atoms with Gasteiger partial charge in [0.15, 0.2) is 0 Å². The van der Waals surface area contributed by atoms with E-state index in [1.54, 1.807) is 6.20 Å². The molecule has 0 unspecified atom stereocenters. The molecule has 2 aromatic rings. The van der Waals surface area contributed by atoms with E-state index in [1.807, 2.05) is 10.9 Å². The molecule has 0 N–H and O–H groups in total. The van der Waals surface area contributed by atoms with Crippen molar-refractivity contribution in [2.45, 2.75) is 13.1 Å². The molecule has 1 aliphatic rings. The van der Waals surface area contributed by atoms with Crippen LogP contribution in [0.3, 0.4) is 0 Å². The first-order valence-corrected chi connectivity index (χ1v) is 7.51. The summed E-state index contributed by atoms with van der Waals surface area (Å²) >= 11 is 9.37. The van der Waals surface area contributed by atoms with Crippen LogP contribution >= 0.6 is 27.5 Å². The van der Waals surface area contributed by atoms with Crippen molar-refractivity contribution in [3.8, 4) is 0 Å². The Morgan fingerprint density at radius 2 is 2.21 bits per heavy atom. The largest absolute Gasteiger partial charge is 0.298 e. The number of hydrogen-bond acceptors (Lipinski definition) is 2. The molecule has 3 nitrogen and oxygen atoms in total. The maximum atomic E-state index is 5.86. The van der Waals surface area contributed by atoms with Gasteiger partial charge in [0, 0.05) is 42.8 Å². The minimum absolute atomic E-state index is 0.683. The predicted octanol–water partition coefficient (Wildman–Crippen LogP) is 3.43. The summed E-state index contributed by atoms with van der Waals surface area (Å²) in [4.78, 5) is 2.46. The van der Waals surface area contributed by atoms with Crippen LogP contribution in [-0.2, 0) is 13.1 Å². The Kier molecular flexibility index (Phi) is 3.91. The highest BCUT2D eigenvalue weighted by molar-refractivity contribution is 9.10. The molecule has 0 atom stereocenters. The Balaban J connectivity index is 1.48. The second-order valence-corrected chi connectivity index (χ2v) is 6.42. The molecule has 1 saturated heterocycles. The van der Waals surface area contributed by atoms with Gasteiger partial charge in [0.2, 0.25) is 0 Å². The van der Waals surface area contributed by atoms with E-state index in [0.717, 1.165) is 30.7 Å². The van der Waals surface area contributed by atoms with Gasteiger partial charge in [0.1, 0.15) is 0 Å². The molecule has 0 aliphatic carbocycles. The summed E-state index contributed by atoms with van der Waals surface area (Å²) in [6.07, 6.45) is 3.58. The second-order valence-electron chi connectivity index (χ2n) is 5.07. The van der Waals surface area contributed by atoms with Crippen molar-refractivity contribution in [3.63, 3.8) is 0 Å². The Morgan fingerprint density at radius 3 is 2.89 bits per heavy atom. The topological polar surface area (TPSA) is 21.1 Å². The van der Waals surface area contributed by atoms with Crippen LogP contribution in [0.4, 0.5) is 0 Å². The van der Waals surface area contributed by atoms with Crippen LogP contribution in [0, 0.1) is 5.92 Å². The van der Waals surface area contributed by atoms with E-state index in [2.05, 4.69) is 50.2 Å². The van der Waals surface area contributed by atoms with E-state index in [1.165, 1.54) is 5.56 Å². The summed E-state index contributed by atoms with van der Waals surface area (Å²) in [5, 5.41) is 4.93. The summed E-state index contributed by atoms with van der Waals surface area (Å²) in [6.45, 7) is 4.24. The average molecular weight is 341 g/mol. The van der Waals surface area contributed by atoms with E-state index in [4.69, 9.17) is 11.6 Å². The van der Waals surface area contributed by atoms with Crippen LogP contribution in [0.15, 0.2) is 41.1 Å². The highest BCUT2D eigenvalue weighted by Crippen LogP contribution is 2.22. The second kappa shape index (κ2) is 5.65. The van der Waals surface area contributed by atoms with Gasteiger partial charge in [0.25, 0.3) is 0 Å². The third-order valence-corrected chi connectivity index (χ3v) is 4.06. The zero-order valence-corrected chi connectivity index (χ0v) is 12.8. The van der Waals surface area contributed by atoms with E-state index in [-0.39, 0.29) is 0 Å². The number of likely N-dealkylation sites (tertiary alicyclic amines) is 1. The highest BCUT2D eigenvalue weighted by Gasteiger charge is 2.26. The van der Waals surface area contributed by atoms with Gasteiger partial charge in [-0.15, -0.1) is 0 Å². The Labute approximate surface area is 126 Å². The van der Waals surface area contributed by atoms with Crippen LogP contribution in [0.2, 0.25) is 5.02 Å². The van der Waals surface area contributed by atoms with Crippen molar-refractivity contribution < 1.29 is 0 Å². The lowest BCUT2D eigenvalue weighted by molar-refractivity contribution is 0.0778. The molecular weight excluding hydrogens is 326 g/mol. The van der Waals surface area contributed by atoms with Crippen LogP contribution in [0.1, 0.15) is 5.56 Å². The van der Waals surface area contributed by atoms with Crippen LogP contribution < -0.4 is 0 Å². The molecule has 2 heterocycles. The Bertz CT molecular complexity index is 563. The van der Waals surface area contributed by atoms with Crippen molar-refractivity contribution in [1.29, 1.82) is 0 Å². The molecule has 1 fully saturated rings. The van der Waals surface area contributed by atoms with E-state index >= 15 is 0 Å². The number of hydrogen-bond donors (Lipinski definition) is 0. The molecule has 5 heteroatoms. The Hall–Kier alpha value is -0.840. The van der Waals surface area contributed by atoms with Crippen molar-refractivity contribution in [2.75, 3.05) is 13.1 Å². The standard InChI is InChI=1S/C14H15BrClN3/c15-13-3-1-2-11(4-13)6-18-7-12(8-18)9-19-10-14(16)5-17-19/h1-5,10,12H,6-9H2. The summed E-state index contributed by atoms with van der Waals surface area (Å²) < 4.78 is 3.08. The molecule has 100 valence electrons. The van der Waals surface area contributed by atoms with E-state index in [0.29, 0.717) is 10.9 Å². The number of nitrogens with zero attached hydrogens (tertiary/aromatic N) is 3. The molecule has 3 rings (SSSR count). The lowest BCUT2D eigenvalue weighted by Gasteiger charge is -2.39. The molecule has 0 radical (unpaired) electrons. The normalized spacial score (nSPS) is 16.5. The van der Waals surface area contributed by atoms with Gasteiger partial charge in [-0.3, -0.25) is 9.58 Å². The molecule has 1 aliphatic heterocycles. The van der Waals surface area contributed by atoms with Crippen LogP contribution in [0.25, 0.3) is 0 Å². The number of aromatic nitrogens is 2. The Morgan fingerprint density at radius 1 is 1.37 bits per heavy atom. The molecular formula is C14H15BrClN3. The first-order valence-electron chi connectivity index (χ1n) is 6.34. The number of rotatable bonds is 4. The van der Waals surface area contributed by atoms with E-state index in [9.17, 15) is 0 Å². The van der Waals surface area contributed by atoms with Crippen molar-refractivity contribution in [2.24, 2.45) is 5.92 Å². The zero-order chi connectivity index (χ0) is 13.2. The monoisotopic (exact) mass is 339 g/mol. The van der Waals surface area contributed by atoms with Gasteiger partial charge in [-0.25, -0.2) is 0 Å². The molecule has 1 aromatic heterocycles. The highest BCUT2D eigenvalue weighted by atomic mass is 79.9. The van der Waals surface area contributed by atoms with Gasteiger partial charge in [-0.1, -0.05) is 39.7 Å². The zero-order valence-electron chi connectivity index (χ0n) is 10.5. The first-order chi connectivity index (χ1) is 9.19. The number of benzene rings is 1. The SMILES string of the molecule is Clc1cnn(CC2CN(Cc3cccc(Br)c3)C2)c1. The van der Waals surface area contributed by atoms with Gasteiger partial charge >= 0.3 is 0 Å². The molecule has 0 saturated carbocycles. The third kappa shape index (κ3) is 3.38. The minimum Gasteiger partial charge on any atom is -0.298 e. The van der Waals surface area contributed by atoms with Gasteiger partial charge < -0.3 is 0 Å². The summed E-state index contributed by atoms with van der Waals surface area (Å²) in [5.74, 6) is 0.683. The van der Waals surface area contributed by atoms with Gasteiger partial charge in [0.05, 0.1) is 11.2 Å². The number of halogens is 2. The maximum Gasteiger partial charge on any atom is 0.0785 e. The fourth-order valence-corrected chi connectivity index (χ4v) is 3.12.